The number of hydrogen-bond acceptors (Lipinski definition) is 4. The highest BCUT2D eigenvalue weighted by Crippen LogP contribution is 2.36. The Balaban J connectivity index is 1.65. The van der Waals surface area contributed by atoms with Gasteiger partial charge in [-0.2, -0.15) is 13.2 Å². The van der Waals surface area contributed by atoms with Crippen LogP contribution in [0.3, 0.4) is 0 Å². The topological polar surface area (TPSA) is 55.0 Å². The highest BCUT2D eigenvalue weighted by atomic mass is 19.4. The van der Waals surface area contributed by atoms with Gasteiger partial charge in [-0.05, 0) is 67.7 Å². The number of halogens is 3. The Kier molecular flexibility index (Phi) is 5.97. The number of aryl methyl sites for hydroxylation is 3. The van der Waals surface area contributed by atoms with Gasteiger partial charge in [0.05, 0.1) is 17.0 Å². The molecular formula is C26H25F3N4. The van der Waals surface area contributed by atoms with Crippen LogP contribution in [-0.4, -0.2) is 21.9 Å². The fraction of sp³-hybridized carbons (Fsp3) is 0.231. The zero-order valence-electron chi connectivity index (χ0n) is 18.7. The Bertz CT molecular complexity index is 1220. The van der Waals surface area contributed by atoms with Crippen LogP contribution in [0.1, 0.15) is 46.1 Å². The Labute approximate surface area is 191 Å². The fourth-order valence-electron chi connectivity index (χ4n) is 4.08. The normalized spacial score (nSPS) is 14.1. The van der Waals surface area contributed by atoms with E-state index >= 15 is 0 Å². The van der Waals surface area contributed by atoms with Gasteiger partial charge < -0.3 is 10.6 Å². The summed E-state index contributed by atoms with van der Waals surface area (Å²) in [5.74, 6) is 0. The standard InChI is InChI=1S/C26H25F3N4/c1-16-4-7-19(13-31-16)25-17(2)23-12-18(6-11-22(23)24(30)15-33(25)3)5-9-21-10-8-20(14-32-21)26(27,28)29/h4,6-8,10-15H,5,9,30H2,1-3H3. The van der Waals surface area contributed by atoms with Crippen molar-refractivity contribution in [3.63, 3.8) is 0 Å². The van der Waals surface area contributed by atoms with E-state index in [2.05, 4.69) is 23.0 Å². The molecular weight excluding hydrogens is 425 g/mol. The molecule has 0 unspecified atom stereocenters. The largest absolute Gasteiger partial charge is 0.417 e. The number of nitrogens with zero attached hydrogens (tertiary/aromatic N) is 3. The number of aromatic nitrogens is 2. The van der Waals surface area contributed by atoms with Gasteiger partial charge in [-0.25, -0.2) is 0 Å². The van der Waals surface area contributed by atoms with Crippen molar-refractivity contribution < 1.29 is 13.2 Å². The van der Waals surface area contributed by atoms with Gasteiger partial charge in [0.1, 0.15) is 0 Å². The molecule has 4 nitrogen and oxygen atoms in total. The number of nitrogens with two attached hydrogens (primary N) is 1. The predicted octanol–water partition coefficient (Wildman–Crippen LogP) is 5.68. The molecule has 0 saturated heterocycles. The molecule has 0 bridgehead atoms. The molecule has 0 fully saturated rings. The van der Waals surface area contributed by atoms with Gasteiger partial charge in [0.2, 0.25) is 0 Å². The first-order chi connectivity index (χ1) is 15.6. The number of rotatable bonds is 4. The lowest BCUT2D eigenvalue weighted by molar-refractivity contribution is -0.137. The van der Waals surface area contributed by atoms with Crippen LogP contribution >= 0.6 is 0 Å². The first-order valence-corrected chi connectivity index (χ1v) is 10.6. The van der Waals surface area contributed by atoms with Crippen molar-refractivity contribution in [2.75, 3.05) is 7.05 Å². The Morgan fingerprint density at radius 3 is 2.33 bits per heavy atom. The third-order valence-corrected chi connectivity index (χ3v) is 5.85. The Hall–Kier alpha value is -3.61. The highest BCUT2D eigenvalue weighted by Gasteiger charge is 2.30. The second kappa shape index (κ2) is 8.73. The molecule has 0 radical (unpaired) electrons. The van der Waals surface area contributed by atoms with E-state index < -0.39 is 11.7 Å². The molecule has 0 spiro atoms. The van der Waals surface area contributed by atoms with Crippen molar-refractivity contribution in [3.05, 3.63) is 100 Å². The van der Waals surface area contributed by atoms with Gasteiger partial charge in [-0.3, -0.25) is 9.97 Å². The summed E-state index contributed by atoms with van der Waals surface area (Å²) in [6.45, 7) is 4.02. The lowest BCUT2D eigenvalue weighted by Gasteiger charge is -2.20. The van der Waals surface area contributed by atoms with Crippen LogP contribution < -0.4 is 5.73 Å². The van der Waals surface area contributed by atoms with E-state index in [1.54, 1.807) is 0 Å². The molecule has 3 heterocycles. The quantitative estimate of drug-likeness (QED) is 0.556. The summed E-state index contributed by atoms with van der Waals surface area (Å²) in [4.78, 5) is 10.4. The van der Waals surface area contributed by atoms with Gasteiger partial charge in [-0.15, -0.1) is 0 Å². The first kappa shape index (κ1) is 22.6. The van der Waals surface area contributed by atoms with Crippen LogP contribution in [-0.2, 0) is 19.0 Å². The molecule has 1 aromatic carbocycles. The zero-order valence-corrected chi connectivity index (χ0v) is 18.7. The fourth-order valence-corrected chi connectivity index (χ4v) is 4.08. The van der Waals surface area contributed by atoms with Crippen molar-refractivity contribution in [3.8, 4) is 0 Å². The molecule has 2 aromatic heterocycles. The number of pyridine rings is 2. The summed E-state index contributed by atoms with van der Waals surface area (Å²) in [6, 6.07) is 12.7. The van der Waals surface area contributed by atoms with E-state index in [-0.39, 0.29) is 0 Å². The van der Waals surface area contributed by atoms with Gasteiger partial charge in [0, 0.05) is 48.2 Å². The predicted molar refractivity (Wildman–Crippen MR) is 124 cm³/mol. The second-order valence-electron chi connectivity index (χ2n) is 8.27. The average molecular weight is 451 g/mol. The summed E-state index contributed by atoms with van der Waals surface area (Å²) in [7, 11) is 1.97. The SMILES string of the molecule is CC1=C(c2ccc(C)nc2)N(C)C=C(N)c2ccc(CCc3ccc(C(F)(F)F)cn3)cc21. The van der Waals surface area contributed by atoms with Crippen molar-refractivity contribution >= 4 is 17.0 Å². The van der Waals surface area contributed by atoms with E-state index in [4.69, 9.17) is 5.73 Å². The number of alkyl halides is 3. The number of fused-ring (bicyclic) bond motifs is 1. The van der Waals surface area contributed by atoms with Gasteiger partial charge in [0.25, 0.3) is 0 Å². The maximum atomic E-state index is 12.8. The molecule has 7 heteroatoms. The molecule has 33 heavy (non-hydrogen) atoms. The van der Waals surface area contributed by atoms with Gasteiger partial charge in [-0.1, -0.05) is 18.2 Å². The van der Waals surface area contributed by atoms with Crippen LogP contribution in [0.25, 0.3) is 17.0 Å². The first-order valence-electron chi connectivity index (χ1n) is 10.6. The van der Waals surface area contributed by atoms with E-state index in [1.165, 1.54) is 6.07 Å². The highest BCUT2D eigenvalue weighted by molar-refractivity contribution is 5.94. The molecule has 0 amide bonds. The molecule has 170 valence electrons. The van der Waals surface area contributed by atoms with Crippen LogP contribution in [0.4, 0.5) is 13.2 Å². The van der Waals surface area contributed by atoms with Gasteiger partial charge >= 0.3 is 6.18 Å². The lowest BCUT2D eigenvalue weighted by atomic mass is 9.93. The third kappa shape index (κ3) is 4.77. The molecule has 3 aromatic rings. The van der Waals surface area contributed by atoms with Gasteiger partial charge in [0.15, 0.2) is 0 Å². The Morgan fingerprint density at radius 2 is 1.70 bits per heavy atom. The maximum Gasteiger partial charge on any atom is 0.417 e. The van der Waals surface area contributed by atoms with Crippen LogP contribution in [0.5, 0.6) is 0 Å². The van der Waals surface area contributed by atoms with Crippen molar-refractivity contribution in [1.29, 1.82) is 0 Å². The second-order valence-corrected chi connectivity index (χ2v) is 8.27. The van der Waals surface area contributed by atoms with E-state index in [0.717, 1.165) is 51.5 Å². The zero-order chi connectivity index (χ0) is 23.8. The molecule has 2 N–H and O–H groups in total. The van der Waals surface area contributed by atoms with Crippen molar-refractivity contribution in [2.45, 2.75) is 32.9 Å². The molecule has 4 rings (SSSR count). The Morgan fingerprint density at radius 1 is 0.909 bits per heavy atom. The number of benzene rings is 1. The van der Waals surface area contributed by atoms with E-state index in [0.29, 0.717) is 24.2 Å². The van der Waals surface area contributed by atoms with E-state index in [9.17, 15) is 13.2 Å². The van der Waals surface area contributed by atoms with Crippen molar-refractivity contribution in [2.24, 2.45) is 5.73 Å². The summed E-state index contributed by atoms with van der Waals surface area (Å²) < 4.78 is 38.3. The number of hydrogen-bond donors (Lipinski definition) is 1. The van der Waals surface area contributed by atoms with Crippen LogP contribution in [0, 0.1) is 6.92 Å². The summed E-state index contributed by atoms with van der Waals surface area (Å²) >= 11 is 0. The number of allylic oxidation sites excluding steroid dienone is 1. The molecule has 0 saturated carbocycles. The minimum atomic E-state index is -4.38. The maximum absolute atomic E-state index is 12.8. The van der Waals surface area contributed by atoms with Crippen molar-refractivity contribution in [1.82, 2.24) is 14.9 Å². The van der Waals surface area contributed by atoms with E-state index in [1.807, 2.05) is 55.5 Å². The molecule has 1 aliphatic rings. The van der Waals surface area contributed by atoms with Crippen LogP contribution in [0.2, 0.25) is 0 Å². The lowest BCUT2D eigenvalue weighted by Crippen LogP contribution is -2.11. The molecule has 0 atom stereocenters. The monoisotopic (exact) mass is 450 g/mol. The smallest absolute Gasteiger partial charge is 0.397 e. The minimum Gasteiger partial charge on any atom is -0.397 e. The van der Waals surface area contributed by atoms with Crippen LogP contribution in [0.15, 0.2) is 61.1 Å². The summed E-state index contributed by atoms with van der Waals surface area (Å²) in [5.41, 5.74) is 14.0. The minimum absolute atomic E-state index is 0.541. The average Bonchev–Trinajstić information content (AvgIpc) is 2.87. The summed E-state index contributed by atoms with van der Waals surface area (Å²) in [5, 5.41) is 0. The third-order valence-electron chi connectivity index (χ3n) is 5.85. The molecule has 1 aliphatic heterocycles. The molecule has 0 aliphatic carbocycles. The summed E-state index contributed by atoms with van der Waals surface area (Å²) in [6.07, 6.45) is 1.48.